The maximum Gasteiger partial charge on any atom is 0.191 e. The van der Waals surface area contributed by atoms with Gasteiger partial charge >= 0.3 is 0 Å². The fourth-order valence-corrected chi connectivity index (χ4v) is 2.93. The molecule has 142 valence electrons. The van der Waals surface area contributed by atoms with Crippen molar-refractivity contribution in [3.8, 4) is 5.75 Å². The average Bonchev–Trinajstić information content (AvgIpc) is 2.48. The van der Waals surface area contributed by atoms with Gasteiger partial charge < -0.3 is 15.4 Å². The van der Waals surface area contributed by atoms with Gasteiger partial charge in [0.1, 0.15) is 21.2 Å². The Kier molecular flexibility index (Phi) is 7.73. The van der Waals surface area contributed by atoms with Gasteiger partial charge in [-0.1, -0.05) is 18.2 Å². The van der Waals surface area contributed by atoms with Crippen LogP contribution in [0.2, 0.25) is 0 Å². The molecule has 0 radical (unpaired) electrons. The van der Waals surface area contributed by atoms with Crippen molar-refractivity contribution in [2.45, 2.75) is 52.3 Å². The zero-order valence-corrected chi connectivity index (χ0v) is 16.9. The number of hydrogen-bond acceptors (Lipinski definition) is 4. The lowest BCUT2D eigenvalue weighted by Gasteiger charge is -2.24. The first kappa shape index (κ1) is 21.3. The van der Waals surface area contributed by atoms with Crippen LogP contribution in [0.5, 0.6) is 5.75 Å². The molecule has 1 aromatic rings. The summed E-state index contributed by atoms with van der Waals surface area (Å²) in [6, 6.07) is 7.88. The fraction of sp³-hybridized carbons (Fsp3) is 0.611. The van der Waals surface area contributed by atoms with Gasteiger partial charge in [-0.3, -0.25) is 4.99 Å². The highest BCUT2D eigenvalue weighted by atomic mass is 32.2. The maximum atomic E-state index is 11.3. The third-order valence-electron chi connectivity index (χ3n) is 3.36. The number of sulfone groups is 1. The lowest BCUT2D eigenvalue weighted by molar-refractivity contribution is 0.129. The van der Waals surface area contributed by atoms with Gasteiger partial charge in [-0.15, -0.1) is 0 Å². The Morgan fingerprint density at radius 3 is 2.48 bits per heavy atom. The largest absolute Gasteiger partial charge is 0.488 e. The van der Waals surface area contributed by atoms with E-state index >= 15 is 0 Å². The molecule has 0 bridgehead atoms. The van der Waals surface area contributed by atoms with Gasteiger partial charge in [0.15, 0.2) is 5.96 Å². The van der Waals surface area contributed by atoms with Crippen LogP contribution >= 0.6 is 0 Å². The second-order valence-electron chi connectivity index (χ2n) is 7.21. The molecule has 1 rings (SSSR count). The van der Waals surface area contributed by atoms with Crippen molar-refractivity contribution in [3.63, 3.8) is 0 Å². The Hall–Kier alpha value is -1.76. The third-order valence-corrected chi connectivity index (χ3v) is 4.34. The zero-order chi connectivity index (χ0) is 19.1. The molecule has 0 aliphatic rings. The summed E-state index contributed by atoms with van der Waals surface area (Å²) < 4.78 is 28.5. The number of hydrogen-bond donors (Lipinski definition) is 2. The van der Waals surface area contributed by atoms with Crippen LogP contribution in [-0.2, 0) is 16.4 Å². The first-order chi connectivity index (χ1) is 11.5. The summed E-state index contributed by atoms with van der Waals surface area (Å²) in [5, 5.41) is 6.46. The first-order valence-corrected chi connectivity index (χ1v) is 10.5. The van der Waals surface area contributed by atoms with Crippen molar-refractivity contribution < 1.29 is 13.2 Å². The van der Waals surface area contributed by atoms with Crippen molar-refractivity contribution >= 4 is 15.8 Å². The maximum absolute atomic E-state index is 11.3. The van der Waals surface area contributed by atoms with Crippen molar-refractivity contribution in [3.05, 3.63) is 29.8 Å². The molecule has 0 aromatic heterocycles. The Balaban J connectivity index is 2.64. The second-order valence-corrected chi connectivity index (χ2v) is 9.47. The van der Waals surface area contributed by atoms with Crippen molar-refractivity contribution in [1.29, 1.82) is 0 Å². The smallest absolute Gasteiger partial charge is 0.191 e. The van der Waals surface area contributed by atoms with Crippen LogP contribution in [0.15, 0.2) is 29.3 Å². The van der Waals surface area contributed by atoms with Crippen molar-refractivity contribution in [2.24, 2.45) is 4.99 Å². The molecule has 25 heavy (non-hydrogen) atoms. The molecule has 0 aliphatic heterocycles. The van der Waals surface area contributed by atoms with Crippen LogP contribution < -0.4 is 15.4 Å². The predicted octanol–water partition coefficient (Wildman–Crippen LogP) is 2.35. The van der Waals surface area contributed by atoms with Gasteiger partial charge in [0.25, 0.3) is 0 Å². The van der Waals surface area contributed by atoms with Gasteiger partial charge in [-0.25, -0.2) is 8.42 Å². The van der Waals surface area contributed by atoms with Gasteiger partial charge in [0, 0.05) is 31.5 Å². The number of ether oxygens (including phenoxy) is 1. The molecule has 0 aliphatic carbocycles. The Labute approximate surface area is 152 Å². The molecule has 0 heterocycles. The molecule has 1 atom stereocenters. The number of nitrogens with one attached hydrogen (secondary N) is 2. The molecule has 2 N–H and O–H groups in total. The summed E-state index contributed by atoms with van der Waals surface area (Å²) in [7, 11) is -1.27. The van der Waals surface area contributed by atoms with E-state index in [2.05, 4.69) is 15.6 Å². The van der Waals surface area contributed by atoms with E-state index in [4.69, 9.17) is 4.74 Å². The molecule has 0 saturated carbocycles. The van der Waals surface area contributed by atoms with E-state index in [9.17, 15) is 8.42 Å². The van der Waals surface area contributed by atoms with Crippen LogP contribution in [0, 0.1) is 0 Å². The van der Waals surface area contributed by atoms with Gasteiger partial charge in [0.2, 0.25) is 0 Å². The standard InChI is InChI=1S/C18H31N3O3S/c1-14(11-12-25(6,22)23)21-17(19-5)20-13-15-9-7-8-10-16(15)24-18(2,3)4/h7-10,14H,11-13H2,1-6H3,(H2,19,20,21). The number of aliphatic imine (C=N–C) groups is 1. The van der Waals surface area contributed by atoms with E-state index in [1.54, 1.807) is 7.05 Å². The molecular formula is C18H31N3O3S. The van der Waals surface area contributed by atoms with Gasteiger partial charge in [0.05, 0.1) is 5.75 Å². The van der Waals surface area contributed by atoms with Crippen LogP contribution in [0.4, 0.5) is 0 Å². The Bertz CT molecular complexity index is 679. The van der Waals surface area contributed by atoms with Crippen LogP contribution in [0.3, 0.4) is 0 Å². The summed E-state index contributed by atoms with van der Waals surface area (Å²) >= 11 is 0. The average molecular weight is 370 g/mol. The summed E-state index contributed by atoms with van der Waals surface area (Å²) in [5.41, 5.74) is 0.764. The number of rotatable bonds is 7. The van der Waals surface area contributed by atoms with E-state index in [1.807, 2.05) is 52.0 Å². The number of guanidine groups is 1. The van der Waals surface area contributed by atoms with Crippen LogP contribution in [-0.4, -0.2) is 45.1 Å². The van der Waals surface area contributed by atoms with E-state index in [-0.39, 0.29) is 17.4 Å². The topological polar surface area (TPSA) is 79.8 Å². The monoisotopic (exact) mass is 369 g/mol. The molecule has 6 nitrogen and oxygen atoms in total. The predicted molar refractivity (Wildman–Crippen MR) is 104 cm³/mol. The van der Waals surface area contributed by atoms with Crippen LogP contribution in [0.1, 0.15) is 39.7 Å². The quantitative estimate of drug-likeness (QED) is 0.570. The number of nitrogens with zero attached hydrogens (tertiary/aromatic N) is 1. The molecule has 0 saturated heterocycles. The third kappa shape index (κ3) is 9.34. The SMILES string of the molecule is CN=C(NCc1ccccc1OC(C)(C)C)NC(C)CCS(C)(=O)=O. The van der Waals surface area contributed by atoms with Gasteiger partial charge in [-0.2, -0.15) is 0 Å². The molecule has 0 fully saturated rings. The highest BCUT2D eigenvalue weighted by molar-refractivity contribution is 7.90. The summed E-state index contributed by atoms with van der Waals surface area (Å²) in [6.07, 6.45) is 1.78. The number of para-hydroxylation sites is 1. The normalized spacial score (nSPS) is 14.1. The summed E-state index contributed by atoms with van der Waals surface area (Å²) in [5.74, 6) is 1.62. The zero-order valence-electron chi connectivity index (χ0n) is 16.1. The second kappa shape index (κ2) is 9.08. The molecule has 0 amide bonds. The minimum atomic E-state index is -2.96. The van der Waals surface area contributed by atoms with Crippen LogP contribution in [0.25, 0.3) is 0 Å². The minimum absolute atomic E-state index is 0.00185. The number of benzene rings is 1. The fourth-order valence-electron chi connectivity index (χ4n) is 2.15. The summed E-state index contributed by atoms with van der Waals surface area (Å²) in [4.78, 5) is 4.20. The van der Waals surface area contributed by atoms with Crippen molar-refractivity contribution in [1.82, 2.24) is 10.6 Å². The summed E-state index contributed by atoms with van der Waals surface area (Å²) in [6.45, 7) is 8.54. The highest BCUT2D eigenvalue weighted by Gasteiger charge is 2.15. The van der Waals surface area contributed by atoms with E-state index in [0.717, 1.165) is 11.3 Å². The molecule has 1 aromatic carbocycles. The van der Waals surface area contributed by atoms with E-state index < -0.39 is 9.84 Å². The molecule has 7 heteroatoms. The minimum Gasteiger partial charge on any atom is -0.488 e. The van der Waals surface area contributed by atoms with Crippen molar-refractivity contribution in [2.75, 3.05) is 19.1 Å². The lowest BCUT2D eigenvalue weighted by atomic mass is 10.1. The van der Waals surface area contributed by atoms with E-state index in [1.165, 1.54) is 6.26 Å². The lowest BCUT2D eigenvalue weighted by Crippen LogP contribution is -2.42. The Morgan fingerprint density at radius 1 is 1.28 bits per heavy atom. The molecule has 0 spiro atoms. The highest BCUT2D eigenvalue weighted by Crippen LogP contribution is 2.22. The molecule has 1 unspecified atom stereocenters. The van der Waals surface area contributed by atoms with E-state index in [0.29, 0.717) is 18.9 Å². The van der Waals surface area contributed by atoms with Gasteiger partial charge in [-0.05, 0) is 40.2 Å². The molecular weight excluding hydrogens is 338 g/mol. The Morgan fingerprint density at radius 2 is 1.92 bits per heavy atom. The first-order valence-electron chi connectivity index (χ1n) is 8.42.